The second-order valence-electron chi connectivity index (χ2n) is 5.14. The van der Waals surface area contributed by atoms with E-state index >= 15 is 0 Å². The first-order chi connectivity index (χ1) is 10.1. The average molecular weight is 346 g/mol. The molecule has 0 atom stereocenters. The molecule has 0 bridgehead atoms. The molecule has 0 saturated carbocycles. The molecule has 108 valence electrons. The van der Waals surface area contributed by atoms with E-state index in [2.05, 4.69) is 62.0 Å². The van der Waals surface area contributed by atoms with Crippen LogP contribution in [0.15, 0.2) is 52.5 Å². The van der Waals surface area contributed by atoms with Crippen molar-refractivity contribution in [2.75, 3.05) is 5.32 Å². The van der Waals surface area contributed by atoms with Crippen molar-refractivity contribution in [2.24, 2.45) is 5.92 Å². The van der Waals surface area contributed by atoms with Crippen molar-refractivity contribution in [2.45, 2.75) is 13.8 Å². The number of aromatic nitrogens is 2. The Hall–Kier alpha value is -2.08. The van der Waals surface area contributed by atoms with Gasteiger partial charge < -0.3 is 10.7 Å². The summed E-state index contributed by atoms with van der Waals surface area (Å²) in [6.45, 7) is 4.31. The molecule has 2 aromatic heterocycles. The number of nitrogens with one attached hydrogen (secondary N) is 3. The van der Waals surface area contributed by atoms with Gasteiger partial charge in [-0.15, -0.1) is 0 Å². The molecule has 0 unspecified atom stereocenters. The van der Waals surface area contributed by atoms with E-state index in [0.717, 1.165) is 27.1 Å². The predicted octanol–water partition coefficient (Wildman–Crippen LogP) is 3.29. The fourth-order valence-electron chi connectivity index (χ4n) is 2.03. The molecular weight excluding hydrogens is 330 g/mol. The lowest BCUT2D eigenvalue weighted by Crippen LogP contribution is -2.33. The van der Waals surface area contributed by atoms with Crippen LogP contribution in [-0.4, -0.2) is 9.97 Å². The lowest BCUT2D eigenvalue weighted by atomic mass is 10.0. The first-order valence-electron chi connectivity index (χ1n) is 6.74. The van der Waals surface area contributed by atoms with Crippen LogP contribution in [-0.2, 0) is 0 Å². The number of nitrogens with zero attached hydrogens (tertiary/aromatic N) is 2. The third-order valence-electron chi connectivity index (χ3n) is 3.19. The summed E-state index contributed by atoms with van der Waals surface area (Å²) in [5.74, 6) is 2.10. The number of hydrazine groups is 1. The van der Waals surface area contributed by atoms with Crippen molar-refractivity contribution in [3.8, 4) is 0 Å². The van der Waals surface area contributed by atoms with E-state index in [1.165, 1.54) is 5.57 Å². The lowest BCUT2D eigenvalue weighted by Gasteiger charge is -2.20. The first kappa shape index (κ1) is 13.9. The van der Waals surface area contributed by atoms with Crippen LogP contribution < -0.4 is 16.2 Å². The summed E-state index contributed by atoms with van der Waals surface area (Å²) in [5, 5.41) is 3.27. The number of allylic oxidation sites excluding steroid dienone is 2. The molecule has 0 aromatic carbocycles. The van der Waals surface area contributed by atoms with E-state index in [0.29, 0.717) is 5.92 Å². The van der Waals surface area contributed by atoms with Crippen molar-refractivity contribution in [3.63, 3.8) is 0 Å². The first-order valence-corrected chi connectivity index (χ1v) is 7.54. The molecule has 0 aliphatic carbocycles. The number of anilines is 1. The maximum Gasteiger partial charge on any atom is 0.132 e. The Balaban J connectivity index is 1.86. The maximum atomic E-state index is 4.57. The Kier molecular flexibility index (Phi) is 3.79. The van der Waals surface area contributed by atoms with E-state index in [1.54, 1.807) is 6.20 Å². The predicted molar refractivity (Wildman–Crippen MR) is 88.1 cm³/mol. The topological polar surface area (TPSA) is 61.9 Å². The molecular formula is C15H16BrN5. The van der Waals surface area contributed by atoms with Gasteiger partial charge in [0.15, 0.2) is 0 Å². The van der Waals surface area contributed by atoms with Crippen molar-refractivity contribution < 1.29 is 0 Å². The highest BCUT2D eigenvalue weighted by atomic mass is 79.9. The molecule has 21 heavy (non-hydrogen) atoms. The molecule has 1 aliphatic rings. The second kappa shape index (κ2) is 5.73. The van der Waals surface area contributed by atoms with Crippen molar-refractivity contribution in [3.05, 3.63) is 52.5 Å². The molecule has 1 aliphatic heterocycles. The van der Waals surface area contributed by atoms with Gasteiger partial charge in [0, 0.05) is 16.9 Å². The molecule has 0 amide bonds. The zero-order valence-electron chi connectivity index (χ0n) is 11.8. The van der Waals surface area contributed by atoms with Gasteiger partial charge in [-0.2, -0.15) is 0 Å². The van der Waals surface area contributed by atoms with Crippen LogP contribution in [0.2, 0.25) is 0 Å². The molecule has 3 N–H and O–H groups in total. The number of hydrogen-bond donors (Lipinski definition) is 3. The largest absolute Gasteiger partial charge is 0.325 e. The zero-order chi connectivity index (χ0) is 14.8. The minimum atomic E-state index is 0.459. The fraction of sp³-hybridized carbons (Fsp3) is 0.200. The van der Waals surface area contributed by atoms with Crippen LogP contribution in [0, 0.1) is 5.92 Å². The summed E-state index contributed by atoms with van der Waals surface area (Å²) in [5.41, 5.74) is 9.05. The molecule has 0 saturated heterocycles. The molecule has 2 aromatic rings. The summed E-state index contributed by atoms with van der Waals surface area (Å²) >= 11 is 3.42. The highest BCUT2D eigenvalue weighted by Gasteiger charge is 2.08. The highest BCUT2D eigenvalue weighted by molar-refractivity contribution is 9.10. The smallest absolute Gasteiger partial charge is 0.132 e. The van der Waals surface area contributed by atoms with E-state index in [1.807, 2.05) is 24.4 Å². The Bertz CT molecular complexity index is 736. The molecule has 5 nitrogen and oxygen atoms in total. The minimum Gasteiger partial charge on any atom is -0.325 e. The van der Waals surface area contributed by atoms with E-state index in [9.17, 15) is 0 Å². The average Bonchev–Trinajstić information content (AvgIpc) is 2.47. The van der Waals surface area contributed by atoms with Gasteiger partial charge in [-0.1, -0.05) is 13.8 Å². The zero-order valence-corrected chi connectivity index (χ0v) is 13.4. The van der Waals surface area contributed by atoms with Crippen LogP contribution in [0.3, 0.4) is 0 Å². The van der Waals surface area contributed by atoms with Gasteiger partial charge in [0.1, 0.15) is 11.6 Å². The lowest BCUT2D eigenvalue weighted by molar-refractivity contribution is 0.677. The number of pyridine rings is 2. The van der Waals surface area contributed by atoms with Crippen molar-refractivity contribution >= 4 is 32.8 Å². The van der Waals surface area contributed by atoms with Gasteiger partial charge in [0.05, 0.1) is 11.0 Å². The molecule has 3 heterocycles. The number of hydrogen-bond acceptors (Lipinski definition) is 5. The normalized spacial score (nSPS) is 14.3. The van der Waals surface area contributed by atoms with Crippen LogP contribution >= 0.6 is 15.9 Å². The van der Waals surface area contributed by atoms with Gasteiger partial charge in [-0.05, 0) is 51.7 Å². The molecule has 0 fully saturated rings. The van der Waals surface area contributed by atoms with Crippen LogP contribution in [0.5, 0.6) is 0 Å². The van der Waals surface area contributed by atoms with Gasteiger partial charge in [-0.25, -0.2) is 4.98 Å². The number of fused-ring (bicyclic) bond motifs is 1. The van der Waals surface area contributed by atoms with Gasteiger partial charge in [-0.3, -0.25) is 10.4 Å². The van der Waals surface area contributed by atoms with E-state index in [-0.39, 0.29) is 0 Å². The molecule has 0 spiro atoms. The van der Waals surface area contributed by atoms with Crippen LogP contribution in [0.1, 0.15) is 13.8 Å². The van der Waals surface area contributed by atoms with Crippen molar-refractivity contribution in [1.29, 1.82) is 0 Å². The maximum absolute atomic E-state index is 4.57. The van der Waals surface area contributed by atoms with Crippen LogP contribution in [0.4, 0.5) is 5.82 Å². The third kappa shape index (κ3) is 3.16. The fourth-order valence-corrected chi connectivity index (χ4v) is 2.35. The molecule has 6 heteroatoms. The summed E-state index contributed by atoms with van der Waals surface area (Å²) in [7, 11) is 0. The monoisotopic (exact) mass is 345 g/mol. The summed E-state index contributed by atoms with van der Waals surface area (Å²) in [6.07, 6.45) is 5.81. The Morgan fingerprint density at radius 2 is 2.10 bits per heavy atom. The summed E-state index contributed by atoms with van der Waals surface area (Å²) in [4.78, 5) is 8.88. The number of halogens is 1. The quantitative estimate of drug-likeness (QED) is 0.796. The Morgan fingerprint density at radius 3 is 2.90 bits per heavy atom. The standard InChI is InChI=1S/C15H16BrN5/c1-9(2)10-5-15(21-18-7-10)20-14-4-3-12-13(19-14)6-11(16)8-17-12/h3-9,18,21H,1-2H3,(H,19,20). The summed E-state index contributed by atoms with van der Waals surface area (Å²) < 4.78 is 0.918. The Morgan fingerprint density at radius 1 is 1.24 bits per heavy atom. The van der Waals surface area contributed by atoms with E-state index in [4.69, 9.17) is 0 Å². The molecule has 3 rings (SSSR count). The van der Waals surface area contributed by atoms with Gasteiger partial charge in [0.2, 0.25) is 0 Å². The Labute approximate surface area is 131 Å². The third-order valence-corrected chi connectivity index (χ3v) is 3.62. The second-order valence-corrected chi connectivity index (χ2v) is 6.06. The van der Waals surface area contributed by atoms with Crippen molar-refractivity contribution in [1.82, 2.24) is 20.8 Å². The summed E-state index contributed by atoms with van der Waals surface area (Å²) in [6, 6.07) is 5.82. The highest BCUT2D eigenvalue weighted by Crippen LogP contribution is 2.19. The minimum absolute atomic E-state index is 0.459. The van der Waals surface area contributed by atoms with Gasteiger partial charge >= 0.3 is 0 Å². The van der Waals surface area contributed by atoms with E-state index < -0.39 is 0 Å². The van der Waals surface area contributed by atoms with Crippen LogP contribution in [0.25, 0.3) is 11.0 Å². The number of rotatable bonds is 3. The van der Waals surface area contributed by atoms with Gasteiger partial charge in [0.25, 0.3) is 0 Å². The SMILES string of the molecule is CC(C)C1=CNNC(Nc2ccc3ncc(Br)cc3n2)=C1. The molecule has 0 radical (unpaired) electrons.